The Morgan fingerprint density at radius 2 is 1.45 bits per heavy atom. The molecule has 1 fully saturated rings. The number of carbonyl (C=O) groups is 1. The second-order valence-electron chi connectivity index (χ2n) is 11.5. The number of hydrogen-bond donors (Lipinski definition) is 0. The van der Waals surface area contributed by atoms with Gasteiger partial charge in [-0.3, -0.25) is 0 Å². The first kappa shape index (κ1) is 33.7. The molecule has 5 rings (SSSR count). The van der Waals surface area contributed by atoms with Gasteiger partial charge in [0.1, 0.15) is 17.5 Å². The maximum absolute atomic E-state index is 14.2. The molecule has 47 heavy (non-hydrogen) atoms. The third-order valence-corrected chi connectivity index (χ3v) is 8.54. The lowest BCUT2D eigenvalue weighted by molar-refractivity contribution is -0.143. The zero-order valence-electron chi connectivity index (χ0n) is 25.7. The van der Waals surface area contributed by atoms with Gasteiger partial charge in [-0.25, -0.2) is 19.2 Å². The van der Waals surface area contributed by atoms with Gasteiger partial charge in [-0.1, -0.05) is 18.2 Å². The fourth-order valence-electron chi connectivity index (χ4n) is 6.01. The van der Waals surface area contributed by atoms with Gasteiger partial charge in [0, 0.05) is 32.0 Å². The number of carbonyl (C=O) groups excluding carboxylic acids is 1. The summed E-state index contributed by atoms with van der Waals surface area (Å²) in [5, 5.41) is 0. The van der Waals surface area contributed by atoms with Crippen LogP contribution in [0.1, 0.15) is 59.7 Å². The van der Waals surface area contributed by atoms with Gasteiger partial charge in [0.15, 0.2) is 0 Å². The molecule has 1 aliphatic heterocycles. The molecule has 0 saturated carbocycles. The maximum atomic E-state index is 14.2. The summed E-state index contributed by atoms with van der Waals surface area (Å²) in [5.74, 6) is 0.790. The number of anilines is 2. The third kappa shape index (κ3) is 7.34. The number of alkyl halides is 6. The molecule has 4 aromatic rings. The average molecular weight is 660 g/mol. The third-order valence-electron chi connectivity index (χ3n) is 8.54. The quantitative estimate of drug-likeness (QED) is 0.194. The number of benzene rings is 2. The van der Waals surface area contributed by atoms with Crippen molar-refractivity contribution in [2.75, 3.05) is 18.5 Å². The van der Waals surface area contributed by atoms with Gasteiger partial charge in [-0.15, -0.1) is 0 Å². The minimum atomic E-state index is -5.03. The predicted octanol–water partition coefficient (Wildman–Crippen LogP) is 9.12. The zero-order valence-corrected chi connectivity index (χ0v) is 25.7. The Morgan fingerprint density at radius 1 is 0.872 bits per heavy atom. The number of aryl methyl sites for hydroxylation is 1. The Balaban J connectivity index is 1.51. The van der Waals surface area contributed by atoms with Crippen LogP contribution >= 0.6 is 0 Å². The van der Waals surface area contributed by atoms with Gasteiger partial charge in [0.2, 0.25) is 0 Å². The smallest absolute Gasteiger partial charge is 0.321 e. The van der Waals surface area contributed by atoms with Crippen LogP contribution in [0.2, 0.25) is 0 Å². The lowest BCUT2D eigenvalue weighted by Gasteiger charge is -2.45. The van der Waals surface area contributed by atoms with Crippen LogP contribution in [0.4, 0.5) is 47.2 Å². The first-order valence-corrected chi connectivity index (χ1v) is 14.8. The van der Waals surface area contributed by atoms with E-state index >= 15 is 0 Å². The maximum Gasteiger partial charge on any atom is 0.416 e. The normalized spacial score (nSPS) is 17.7. The van der Waals surface area contributed by atoms with E-state index in [4.69, 9.17) is 0 Å². The summed E-state index contributed by atoms with van der Waals surface area (Å²) in [6, 6.07) is 13.9. The molecule has 1 saturated heterocycles. The number of nitrogens with zero attached hydrogens (tertiary/aromatic N) is 5. The molecule has 2 amide bonds. The minimum absolute atomic E-state index is 0.0606. The molecule has 1 aliphatic rings. The standard InChI is InChI=1S/C34H32F7N5O/c1-21-16-26(35)10-11-28(21)29-20-27(46(30-8-4-6-13-42-30)31-9-5-7-14-43-31)12-15-45(29)32(47)44(3)22(2)23-17-24(33(36,37)38)19-25(18-23)34(39,40)41/h4-11,13-14,16-19,22,27,29H,12,15,20H2,1-3H3/t22-,27+,29-/m1/s1. The molecule has 13 heteroatoms. The molecule has 3 atom stereocenters. The van der Waals surface area contributed by atoms with Gasteiger partial charge in [-0.05, 0) is 98.0 Å². The summed E-state index contributed by atoms with van der Waals surface area (Å²) >= 11 is 0. The molecular formula is C34H32F7N5O. The van der Waals surface area contributed by atoms with Crippen molar-refractivity contribution >= 4 is 17.7 Å². The SMILES string of the molecule is Cc1cc(F)ccc1[C@H]1C[C@@H](N(c2ccccn2)c2ccccn2)CCN1C(=O)N(C)[C@H](C)c1cc(C(F)(F)F)cc(C(F)(F)F)c1. The van der Waals surface area contributed by atoms with Gasteiger partial charge in [0.25, 0.3) is 0 Å². The number of halogens is 7. The van der Waals surface area contributed by atoms with Crippen LogP contribution in [0.15, 0.2) is 85.2 Å². The van der Waals surface area contributed by atoms with Gasteiger partial charge >= 0.3 is 18.4 Å². The molecule has 2 aromatic heterocycles. The van der Waals surface area contributed by atoms with E-state index in [0.717, 1.165) is 4.90 Å². The van der Waals surface area contributed by atoms with E-state index in [-0.39, 0.29) is 24.2 Å². The summed E-state index contributed by atoms with van der Waals surface area (Å²) < 4.78 is 95.8. The summed E-state index contributed by atoms with van der Waals surface area (Å²) in [6.45, 7) is 3.27. The van der Waals surface area contributed by atoms with Crippen molar-refractivity contribution in [3.63, 3.8) is 0 Å². The molecule has 0 aliphatic carbocycles. The van der Waals surface area contributed by atoms with Crippen molar-refractivity contribution in [3.05, 3.63) is 119 Å². The monoisotopic (exact) mass is 659 g/mol. The first-order chi connectivity index (χ1) is 22.1. The Bertz CT molecular complexity index is 1630. The van der Waals surface area contributed by atoms with E-state index in [1.54, 1.807) is 42.4 Å². The van der Waals surface area contributed by atoms with E-state index in [1.807, 2.05) is 29.2 Å². The van der Waals surface area contributed by atoms with E-state index in [0.29, 0.717) is 47.7 Å². The van der Waals surface area contributed by atoms with Gasteiger partial charge in [-0.2, -0.15) is 26.3 Å². The van der Waals surface area contributed by atoms with Crippen molar-refractivity contribution in [1.82, 2.24) is 19.8 Å². The molecule has 6 nitrogen and oxygen atoms in total. The Kier molecular flexibility index (Phi) is 9.46. The number of likely N-dealkylation sites (tertiary alicyclic amines) is 1. The Labute approximate surface area is 267 Å². The van der Waals surface area contributed by atoms with Crippen LogP contribution in [0.25, 0.3) is 0 Å². The van der Waals surface area contributed by atoms with Gasteiger partial charge in [0.05, 0.1) is 23.2 Å². The van der Waals surface area contributed by atoms with Crippen LogP contribution in [-0.4, -0.2) is 45.4 Å². The van der Waals surface area contributed by atoms with Gasteiger partial charge < -0.3 is 14.7 Å². The molecule has 2 aromatic carbocycles. The molecule has 0 radical (unpaired) electrons. The molecule has 3 heterocycles. The van der Waals surface area contributed by atoms with Crippen LogP contribution in [0, 0.1) is 12.7 Å². The topological polar surface area (TPSA) is 52.6 Å². The van der Waals surface area contributed by atoms with E-state index in [9.17, 15) is 35.5 Å². The summed E-state index contributed by atoms with van der Waals surface area (Å²) in [7, 11) is 1.34. The Morgan fingerprint density at radius 3 is 1.94 bits per heavy atom. The van der Waals surface area contributed by atoms with Crippen molar-refractivity contribution in [2.45, 2.75) is 57.2 Å². The van der Waals surface area contributed by atoms with E-state index in [1.165, 1.54) is 26.1 Å². The summed E-state index contributed by atoms with van der Waals surface area (Å²) in [6.07, 6.45) is -5.98. The fourth-order valence-corrected chi connectivity index (χ4v) is 6.01. The fraction of sp³-hybridized carbons (Fsp3) is 0.324. The molecule has 0 bridgehead atoms. The molecule has 248 valence electrons. The number of rotatable bonds is 6. The number of urea groups is 1. The van der Waals surface area contributed by atoms with E-state index in [2.05, 4.69) is 9.97 Å². The number of piperidine rings is 1. The Hall–Kier alpha value is -4.68. The largest absolute Gasteiger partial charge is 0.416 e. The van der Waals surface area contributed by atoms with E-state index < -0.39 is 47.4 Å². The average Bonchev–Trinajstić information content (AvgIpc) is 3.04. The predicted molar refractivity (Wildman–Crippen MR) is 162 cm³/mol. The highest BCUT2D eigenvalue weighted by atomic mass is 19.4. The number of aromatic nitrogens is 2. The van der Waals surface area contributed by atoms with Crippen LogP contribution in [-0.2, 0) is 12.4 Å². The highest BCUT2D eigenvalue weighted by Gasteiger charge is 2.41. The lowest BCUT2D eigenvalue weighted by Crippen LogP contribution is -2.51. The van der Waals surface area contributed by atoms with Crippen LogP contribution < -0.4 is 4.90 Å². The van der Waals surface area contributed by atoms with Crippen molar-refractivity contribution < 1.29 is 35.5 Å². The molecule has 0 N–H and O–H groups in total. The lowest BCUT2D eigenvalue weighted by atomic mass is 9.88. The van der Waals surface area contributed by atoms with Crippen molar-refractivity contribution in [3.8, 4) is 0 Å². The summed E-state index contributed by atoms with van der Waals surface area (Å²) in [5.41, 5.74) is -1.99. The minimum Gasteiger partial charge on any atom is -0.321 e. The number of hydrogen-bond acceptors (Lipinski definition) is 4. The van der Waals surface area contributed by atoms with Crippen LogP contribution in [0.5, 0.6) is 0 Å². The van der Waals surface area contributed by atoms with Crippen molar-refractivity contribution in [1.29, 1.82) is 0 Å². The zero-order chi connectivity index (χ0) is 34.1. The second kappa shape index (κ2) is 13.2. The summed E-state index contributed by atoms with van der Waals surface area (Å²) in [4.78, 5) is 27.9. The molecule has 0 spiro atoms. The number of amides is 2. The number of pyridine rings is 2. The molecule has 0 unspecified atom stereocenters. The first-order valence-electron chi connectivity index (χ1n) is 14.8. The van der Waals surface area contributed by atoms with Crippen LogP contribution in [0.3, 0.4) is 0 Å². The second-order valence-corrected chi connectivity index (χ2v) is 11.5. The highest BCUT2D eigenvalue weighted by molar-refractivity contribution is 5.76. The van der Waals surface area contributed by atoms with Crippen molar-refractivity contribution in [2.24, 2.45) is 0 Å². The molecular weight excluding hydrogens is 627 g/mol. The highest BCUT2D eigenvalue weighted by Crippen LogP contribution is 2.41.